The van der Waals surface area contributed by atoms with Gasteiger partial charge in [0.05, 0.1) is 19.6 Å². The number of nitrogens with zero attached hydrogens (tertiary/aromatic N) is 1. The largest absolute Gasteiger partial charge is 0.481 e. The van der Waals surface area contributed by atoms with Crippen LogP contribution in [-0.4, -0.2) is 41.8 Å². The van der Waals surface area contributed by atoms with Gasteiger partial charge in [0.25, 0.3) is 0 Å². The van der Waals surface area contributed by atoms with Crippen molar-refractivity contribution in [3.05, 3.63) is 35.4 Å². The molecule has 1 fully saturated rings. The molecule has 1 heterocycles. The number of carbonyl (C=O) groups is 1. The maximum atomic E-state index is 10.9. The lowest BCUT2D eigenvalue weighted by Crippen LogP contribution is -2.45. The first-order valence-electron chi connectivity index (χ1n) is 7.66. The number of hydrogen-bond acceptors (Lipinski definition) is 3. The van der Waals surface area contributed by atoms with Gasteiger partial charge in [0.15, 0.2) is 0 Å². The Labute approximate surface area is 126 Å². The molecule has 4 nitrogen and oxygen atoms in total. The standard InChI is InChI=1S/C17H25NO3/c1-13(2)9-14-3-5-15(6-4-14)11-18-7-8-21-12-16(18)10-17(19)20/h3-6,13,16H,7-12H2,1-2H3,(H,19,20). The van der Waals surface area contributed by atoms with E-state index in [9.17, 15) is 4.79 Å². The summed E-state index contributed by atoms with van der Waals surface area (Å²) in [6.07, 6.45) is 1.24. The van der Waals surface area contributed by atoms with Gasteiger partial charge in [0.1, 0.15) is 0 Å². The van der Waals surface area contributed by atoms with E-state index in [2.05, 4.69) is 43.0 Å². The zero-order valence-corrected chi connectivity index (χ0v) is 12.9. The molecule has 1 saturated heterocycles. The van der Waals surface area contributed by atoms with Crippen LogP contribution in [0.15, 0.2) is 24.3 Å². The Morgan fingerprint density at radius 3 is 2.62 bits per heavy atom. The molecule has 1 atom stereocenters. The van der Waals surface area contributed by atoms with Gasteiger partial charge in [-0.1, -0.05) is 38.1 Å². The van der Waals surface area contributed by atoms with Crippen LogP contribution >= 0.6 is 0 Å². The molecule has 0 amide bonds. The molecule has 1 N–H and O–H groups in total. The van der Waals surface area contributed by atoms with Gasteiger partial charge in [-0.15, -0.1) is 0 Å². The molecule has 4 heteroatoms. The fraction of sp³-hybridized carbons (Fsp3) is 0.588. The number of ether oxygens (including phenoxy) is 1. The molecule has 116 valence electrons. The van der Waals surface area contributed by atoms with Crippen LogP contribution in [0.3, 0.4) is 0 Å². The van der Waals surface area contributed by atoms with E-state index in [-0.39, 0.29) is 12.5 Å². The molecular formula is C17H25NO3. The Kier molecular flexibility index (Phi) is 5.76. The van der Waals surface area contributed by atoms with E-state index in [0.29, 0.717) is 19.1 Å². The molecule has 0 radical (unpaired) electrons. The Bertz CT molecular complexity index is 456. The van der Waals surface area contributed by atoms with E-state index in [1.54, 1.807) is 0 Å². The highest BCUT2D eigenvalue weighted by atomic mass is 16.5. The molecule has 1 aliphatic heterocycles. The summed E-state index contributed by atoms with van der Waals surface area (Å²) < 4.78 is 5.41. The predicted molar refractivity (Wildman–Crippen MR) is 82.3 cm³/mol. The highest BCUT2D eigenvalue weighted by molar-refractivity contribution is 5.67. The topological polar surface area (TPSA) is 49.8 Å². The summed E-state index contributed by atoms with van der Waals surface area (Å²) in [6, 6.07) is 8.66. The Hall–Kier alpha value is -1.39. The van der Waals surface area contributed by atoms with E-state index in [4.69, 9.17) is 9.84 Å². The van der Waals surface area contributed by atoms with Crippen molar-refractivity contribution in [2.24, 2.45) is 5.92 Å². The summed E-state index contributed by atoms with van der Waals surface area (Å²) >= 11 is 0. The van der Waals surface area contributed by atoms with E-state index < -0.39 is 5.97 Å². The first-order chi connectivity index (χ1) is 10.0. The zero-order chi connectivity index (χ0) is 15.2. The van der Waals surface area contributed by atoms with Crippen LogP contribution in [0.4, 0.5) is 0 Å². The van der Waals surface area contributed by atoms with Crippen LogP contribution in [0.1, 0.15) is 31.4 Å². The monoisotopic (exact) mass is 291 g/mol. The van der Waals surface area contributed by atoms with Crippen LogP contribution in [0, 0.1) is 5.92 Å². The van der Waals surface area contributed by atoms with Crippen molar-refractivity contribution in [3.8, 4) is 0 Å². The maximum Gasteiger partial charge on any atom is 0.305 e. The van der Waals surface area contributed by atoms with Gasteiger partial charge in [-0.25, -0.2) is 0 Å². The molecule has 1 aromatic carbocycles. The highest BCUT2D eigenvalue weighted by Gasteiger charge is 2.25. The molecule has 0 aliphatic carbocycles. The fourth-order valence-corrected chi connectivity index (χ4v) is 2.77. The third-order valence-electron chi connectivity index (χ3n) is 3.81. The third-order valence-corrected chi connectivity index (χ3v) is 3.81. The van der Waals surface area contributed by atoms with Crippen LogP contribution < -0.4 is 0 Å². The van der Waals surface area contributed by atoms with Gasteiger partial charge in [0, 0.05) is 19.1 Å². The minimum atomic E-state index is -0.761. The van der Waals surface area contributed by atoms with Gasteiger partial charge in [-0.05, 0) is 23.5 Å². The SMILES string of the molecule is CC(C)Cc1ccc(CN2CCOCC2CC(=O)O)cc1. The Morgan fingerprint density at radius 2 is 2.00 bits per heavy atom. The molecule has 21 heavy (non-hydrogen) atoms. The maximum absolute atomic E-state index is 10.9. The van der Waals surface area contributed by atoms with Crippen LogP contribution in [0.2, 0.25) is 0 Å². The molecule has 0 aromatic heterocycles. The first kappa shape index (κ1) is 16.0. The Balaban J connectivity index is 1.96. The lowest BCUT2D eigenvalue weighted by molar-refractivity contribution is -0.140. The van der Waals surface area contributed by atoms with Crippen LogP contribution in [0.5, 0.6) is 0 Å². The summed E-state index contributed by atoms with van der Waals surface area (Å²) in [5.74, 6) is -0.0992. The molecule has 1 aromatic rings. The fourth-order valence-electron chi connectivity index (χ4n) is 2.77. The van der Waals surface area contributed by atoms with Gasteiger partial charge in [-0.3, -0.25) is 9.69 Å². The minimum absolute atomic E-state index is 0.0217. The summed E-state index contributed by atoms with van der Waals surface area (Å²) in [5, 5.41) is 8.99. The number of hydrogen-bond donors (Lipinski definition) is 1. The molecule has 1 unspecified atom stereocenters. The lowest BCUT2D eigenvalue weighted by Gasteiger charge is -2.34. The van der Waals surface area contributed by atoms with Crippen molar-refractivity contribution in [1.29, 1.82) is 0 Å². The van der Waals surface area contributed by atoms with E-state index >= 15 is 0 Å². The smallest absolute Gasteiger partial charge is 0.305 e. The van der Waals surface area contributed by atoms with Crippen LogP contribution in [0.25, 0.3) is 0 Å². The average Bonchev–Trinajstić information content (AvgIpc) is 2.42. The molecule has 0 spiro atoms. The molecule has 1 aliphatic rings. The number of rotatable bonds is 6. The Morgan fingerprint density at radius 1 is 1.33 bits per heavy atom. The van der Waals surface area contributed by atoms with Crippen molar-refractivity contribution in [2.45, 2.75) is 39.3 Å². The second-order valence-corrected chi connectivity index (χ2v) is 6.21. The van der Waals surface area contributed by atoms with Crippen molar-refractivity contribution in [1.82, 2.24) is 4.90 Å². The average molecular weight is 291 g/mol. The second kappa shape index (κ2) is 7.57. The summed E-state index contributed by atoms with van der Waals surface area (Å²) in [5.41, 5.74) is 2.60. The number of carboxylic acid groups (broad SMARTS) is 1. The molecule has 2 rings (SSSR count). The predicted octanol–water partition coefficient (Wildman–Crippen LogP) is 2.56. The van der Waals surface area contributed by atoms with Crippen molar-refractivity contribution < 1.29 is 14.6 Å². The molecule has 0 saturated carbocycles. The number of benzene rings is 1. The van der Waals surface area contributed by atoms with Crippen molar-refractivity contribution >= 4 is 5.97 Å². The second-order valence-electron chi connectivity index (χ2n) is 6.21. The number of aliphatic carboxylic acids is 1. The van der Waals surface area contributed by atoms with Crippen molar-refractivity contribution in [3.63, 3.8) is 0 Å². The van der Waals surface area contributed by atoms with Gasteiger partial charge >= 0.3 is 5.97 Å². The van der Waals surface area contributed by atoms with E-state index in [0.717, 1.165) is 19.5 Å². The quantitative estimate of drug-likeness (QED) is 0.875. The summed E-state index contributed by atoms with van der Waals surface area (Å²) in [4.78, 5) is 13.1. The normalized spacial score (nSPS) is 19.9. The summed E-state index contributed by atoms with van der Waals surface area (Å²) in [7, 11) is 0. The molecular weight excluding hydrogens is 266 g/mol. The van der Waals surface area contributed by atoms with Gasteiger partial charge in [0.2, 0.25) is 0 Å². The lowest BCUT2D eigenvalue weighted by atomic mass is 10.0. The molecule has 0 bridgehead atoms. The number of carboxylic acids is 1. The summed E-state index contributed by atoms with van der Waals surface area (Å²) in [6.45, 7) is 7.23. The van der Waals surface area contributed by atoms with Crippen molar-refractivity contribution in [2.75, 3.05) is 19.8 Å². The van der Waals surface area contributed by atoms with E-state index in [1.807, 2.05) is 0 Å². The van der Waals surface area contributed by atoms with E-state index in [1.165, 1.54) is 11.1 Å². The first-order valence-corrected chi connectivity index (χ1v) is 7.66. The number of morpholine rings is 1. The van der Waals surface area contributed by atoms with Gasteiger partial charge in [-0.2, -0.15) is 0 Å². The minimum Gasteiger partial charge on any atom is -0.481 e. The van der Waals surface area contributed by atoms with Crippen LogP contribution in [-0.2, 0) is 22.5 Å². The van der Waals surface area contributed by atoms with Gasteiger partial charge < -0.3 is 9.84 Å². The third kappa shape index (κ3) is 5.14. The zero-order valence-electron chi connectivity index (χ0n) is 12.9. The highest BCUT2D eigenvalue weighted by Crippen LogP contribution is 2.16.